The van der Waals surface area contributed by atoms with Crippen LogP contribution in [0.15, 0.2) is 12.1 Å². The quantitative estimate of drug-likeness (QED) is 0.655. The van der Waals surface area contributed by atoms with Crippen LogP contribution < -0.4 is 4.90 Å². The van der Waals surface area contributed by atoms with Gasteiger partial charge in [-0.25, -0.2) is 8.78 Å². The Balaban J connectivity index is 3.35. The molecular weight excluding hydrogens is 176 g/mol. The lowest BCUT2D eigenvalue weighted by molar-refractivity contribution is 0.111. The van der Waals surface area contributed by atoms with Crippen molar-refractivity contribution in [2.45, 2.75) is 0 Å². The molecule has 2 nitrogen and oxygen atoms in total. The summed E-state index contributed by atoms with van der Waals surface area (Å²) in [7, 11) is 3.23. The average Bonchev–Trinajstić information content (AvgIpc) is 2.04. The minimum Gasteiger partial charge on any atom is -0.375 e. The number of hydrogen-bond acceptors (Lipinski definition) is 2. The number of nitrogens with zero attached hydrogens (tertiary/aromatic N) is 1. The molecule has 0 N–H and O–H groups in total. The first-order chi connectivity index (χ1) is 6.07. The molecular formula is C9H9F2NO. The van der Waals surface area contributed by atoms with E-state index < -0.39 is 17.2 Å². The molecule has 0 bridgehead atoms. The molecule has 0 radical (unpaired) electrons. The number of carbonyl (C=O) groups is 1. The second-order valence-electron chi connectivity index (χ2n) is 2.81. The normalized spacial score (nSPS) is 9.85. The highest BCUT2D eigenvalue weighted by Gasteiger charge is 2.13. The number of benzene rings is 1. The first-order valence-corrected chi connectivity index (χ1v) is 3.68. The summed E-state index contributed by atoms with van der Waals surface area (Å²) >= 11 is 0. The zero-order valence-electron chi connectivity index (χ0n) is 7.34. The maximum Gasteiger partial charge on any atom is 0.159 e. The van der Waals surface area contributed by atoms with Crippen LogP contribution in [0.3, 0.4) is 0 Å². The van der Waals surface area contributed by atoms with E-state index in [-0.39, 0.29) is 12.0 Å². The van der Waals surface area contributed by atoms with E-state index in [1.165, 1.54) is 11.0 Å². The van der Waals surface area contributed by atoms with E-state index in [2.05, 4.69) is 0 Å². The molecule has 0 saturated carbocycles. The predicted octanol–water partition coefficient (Wildman–Crippen LogP) is 1.84. The lowest BCUT2D eigenvalue weighted by atomic mass is 10.2. The van der Waals surface area contributed by atoms with E-state index >= 15 is 0 Å². The Morgan fingerprint density at radius 1 is 1.31 bits per heavy atom. The molecule has 0 aromatic heterocycles. The van der Waals surface area contributed by atoms with Crippen molar-refractivity contribution in [2.75, 3.05) is 19.0 Å². The van der Waals surface area contributed by atoms with Gasteiger partial charge in [0.1, 0.15) is 5.82 Å². The lowest BCUT2D eigenvalue weighted by Gasteiger charge is -2.14. The minimum atomic E-state index is -0.835. The molecule has 13 heavy (non-hydrogen) atoms. The summed E-state index contributed by atoms with van der Waals surface area (Å²) in [5.74, 6) is -1.65. The van der Waals surface area contributed by atoms with E-state index in [4.69, 9.17) is 0 Å². The molecule has 0 saturated heterocycles. The van der Waals surface area contributed by atoms with Crippen LogP contribution in [0.1, 0.15) is 10.4 Å². The van der Waals surface area contributed by atoms with Gasteiger partial charge in [-0.3, -0.25) is 4.79 Å². The van der Waals surface area contributed by atoms with Crippen molar-refractivity contribution in [3.63, 3.8) is 0 Å². The highest BCUT2D eigenvalue weighted by atomic mass is 19.1. The fourth-order valence-corrected chi connectivity index (χ4v) is 1.01. The summed E-state index contributed by atoms with van der Waals surface area (Å²) in [5.41, 5.74) is -0.324. The Morgan fingerprint density at radius 3 is 2.38 bits per heavy atom. The Morgan fingerprint density at radius 2 is 1.92 bits per heavy atom. The van der Waals surface area contributed by atoms with Crippen molar-refractivity contribution in [3.05, 3.63) is 29.3 Å². The largest absolute Gasteiger partial charge is 0.375 e. The fraction of sp³-hybridized carbons (Fsp3) is 0.222. The van der Waals surface area contributed by atoms with Gasteiger partial charge in [0.15, 0.2) is 12.1 Å². The highest BCUT2D eigenvalue weighted by Crippen LogP contribution is 2.21. The number of aldehydes is 1. The van der Waals surface area contributed by atoms with Crippen molar-refractivity contribution in [3.8, 4) is 0 Å². The fourth-order valence-electron chi connectivity index (χ4n) is 1.01. The summed E-state index contributed by atoms with van der Waals surface area (Å²) in [4.78, 5) is 11.8. The minimum absolute atomic E-state index is 0.178. The number of halogens is 2. The van der Waals surface area contributed by atoms with Gasteiger partial charge in [-0.05, 0) is 12.1 Å². The molecule has 0 amide bonds. The molecule has 0 heterocycles. The molecule has 0 aliphatic rings. The smallest absolute Gasteiger partial charge is 0.159 e. The predicted molar refractivity (Wildman–Crippen MR) is 46.1 cm³/mol. The number of carbonyl (C=O) groups excluding carboxylic acids is 1. The van der Waals surface area contributed by atoms with E-state index in [1.54, 1.807) is 14.1 Å². The Kier molecular flexibility index (Phi) is 2.60. The SMILES string of the molecule is CN(C)c1ccc(F)c(C=O)c1F. The van der Waals surface area contributed by atoms with Gasteiger partial charge in [0.05, 0.1) is 11.3 Å². The van der Waals surface area contributed by atoms with Crippen LogP contribution in [0.2, 0.25) is 0 Å². The molecule has 0 aliphatic carbocycles. The van der Waals surface area contributed by atoms with Crippen LogP contribution in [0.25, 0.3) is 0 Å². The second kappa shape index (κ2) is 3.51. The van der Waals surface area contributed by atoms with Gasteiger partial charge in [0, 0.05) is 14.1 Å². The van der Waals surface area contributed by atoms with Crippen molar-refractivity contribution >= 4 is 12.0 Å². The maximum absolute atomic E-state index is 13.3. The summed E-state index contributed by atoms with van der Waals surface area (Å²) in [6, 6.07) is 2.36. The monoisotopic (exact) mass is 185 g/mol. The second-order valence-corrected chi connectivity index (χ2v) is 2.81. The Bertz CT molecular complexity index is 337. The molecule has 4 heteroatoms. The van der Waals surface area contributed by atoms with Gasteiger partial charge >= 0.3 is 0 Å². The van der Waals surface area contributed by atoms with Crippen LogP contribution in [0.5, 0.6) is 0 Å². The van der Waals surface area contributed by atoms with Gasteiger partial charge in [0.2, 0.25) is 0 Å². The topological polar surface area (TPSA) is 20.3 Å². The summed E-state index contributed by atoms with van der Waals surface area (Å²) in [5, 5.41) is 0. The summed E-state index contributed by atoms with van der Waals surface area (Å²) in [6.45, 7) is 0. The third-order valence-corrected chi connectivity index (χ3v) is 1.71. The lowest BCUT2D eigenvalue weighted by Crippen LogP contribution is -2.12. The first-order valence-electron chi connectivity index (χ1n) is 3.68. The molecule has 0 fully saturated rings. The van der Waals surface area contributed by atoms with Gasteiger partial charge < -0.3 is 4.90 Å². The van der Waals surface area contributed by atoms with Crippen LogP contribution in [0.4, 0.5) is 14.5 Å². The van der Waals surface area contributed by atoms with Crippen molar-refractivity contribution in [1.29, 1.82) is 0 Å². The highest BCUT2D eigenvalue weighted by molar-refractivity contribution is 5.78. The van der Waals surface area contributed by atoms with E-state index in [0.29, 0.717) is 0 Å². The molecule has 0 atom stereocenters. The molecule has 1 aromatic rings. The Hall–Kier alpha value is -1.45. The zero-order valence-corrected chi connectivity index (χ0v) is 7.34. The van der Waals surface area contributed by atoms with E-state index in [0.717, 1.165) is 6.07 Å². The van der Waals surface area contributed by atoms with Crippen LogP contribution >= 0.6 is 0 Å². The van der Waals surface area contributed by atoms with E-state index in [1.807, 2.05) is 0 Å². The summed E-state index contributed by atoms with van der Waals surface area (Å²) < 4.78 is 26.1. The van der Waals surface area contributed by atoms with Crippen LogP contribution in [-0.2, 0) is 0 Å². The third kappa shape index (κ3) is 1.66. The number of rotatable bonds is 2. The van der Waals surface area contributed by atoms with Crippen molar-refractivity contribution in [1.82, 2.24) is 0 Å². The zero-order chi connectivity index (χ0) is 10.0. The maximum atomic E-state index is 13.3. The van der Waals surface area contributed by atoms with Crippen molar-refractivity contribution < 1.29 is 13.6 Å². The van der Waals surface area contributed by atoms with Gasteiger partial charge in [-0.15, -0.1) is 0 Å². The first kappa shape index (κ1) is 9.64. The molecule has 70 valence electrons. The standard InChI is InChI=1S/C9H9F2NO/c1-12(2)8-4-3-7(10)6(5-13)9(8)11/h3-5H,1-2H3. The van der Waals surface area contributed by atoms with E-state index in [9.17, 15) is 13.6 Å². The number of anilines is 1. The number of hydrogen-bond donors (Lipinski definition) is 0. The van der Waals surface area contributed by atoms with Gasteiger partial charge in [-0.1, -0.05) is 0 Å². The third-order valence-electron chi connectivity index (χ3n) is 1.71. The average molecular weight is 185 g/mol. The van der Waals surface area contributed by atoms with Crippen LogP contribution in [-0.4, -0.2) is 20.4 Å². The molecule has 0 aliphatic heterocycles. The Labute approximate surface area is 74.8 Å². The molecule has 1 rings (SSSR count). The molecule has 1 aromatic carbocycles. The summed E-state index contributed by atoms with van der Waals surface area (Å²) in [6.07, 6.45) is 0.178. The molecule has 0 spiro atoms. The van der Waals surface area contributed by atoms with Crippen molar-refractivity contribution in [2.24, 2.45) is 0 Å². The molecule has 0 unspecified atom stereocenters. The van der Waals surface area contributed by atoms with Gasteiger partial charge in [-0.2, -0.15) is 0 Å². The van der Waals surface area contributed by atoms with Gasteiger partial charge in [0.25, 0.3) is 0 Å². The van der Waals surface area contributed by atoms with Crippen LogP contribution in [0, 0.1) is 11.6 Å².